The van der Waals surface area contributed by atoms with Gasteiger partial charge in [-0.25, -0.2) is 9.37 Å². The maximum Gasteiger partial charge on any atom is 0.252 e. The lowest BCUT2D eigenvalue weighted by molar-refractivity contribution is 0.100. The first-order chi connectivity index (χ1) is 8.58. The molecule has 0 unspecified atom stereocenters. The predicted molar refractivity (Wildman–Crippen MR) is 67.4 cm³/mol. The molecule has 0 bridgehead atoms. The number of halogens is 2. The lowest BCUT2D eigenvalue weighted by atomic mass is 10.2. The van der Waals surface area contributed by atoms with Crippen molar-refractivity contribution in [3.8, 4) is 0 Å². The highest BCUT2D eigenvalue weighted by molar-refractivity contribution is 6.31. The number of benzene rings is 1. The fourth-order valence-electron chi connectivity index (χ4n) is 1.41. The summed E-state index contributed by atoms with van der Waals surface area (Å²) in [6, 6.07) is 7.25. The number of rotatable bonds is 3. The van der Waals surface area contributed by atoms with E-state index >= 15 is 0 Å². The molecule has 1 amide bonds. The minimum Gasteiger partial charge on any atom is -0.365 e. The molecular formula is C12H9ClFN3O. The predicted octanol–water partition coefficient (Wildman–Crippen LogP) is 2.72. The number of hydrogen-bond acceptors (Lipinski definition) is 3. The van der Waals surface area contributed by atoms with Gasteiger partial charge in [0.25, 0.3) is 5.91 Å². The van der Waals surface area contributed by atoms with Gasteiger partial charge in [0.1, 0.15) is 11.6 Å². The van der Waals surface area contributed by atoms with E-state index in [4.69, 9.17) is 17.3 Å². The van der Waals surface area contributed by atoms with Gasteiger partial charge in [-0.3, -0.25) is 4.79 Å². The fourth-order valence-corrected chi connectivity index (χ4v) is 1.59. The van der Waals surface area contributed by atoms with Crippen molar-refractivity contribution >= 4 is 29.0 Å². The molecule has 18 heavy (non-hydrogen) atoms. The van der Waals surface area contributed by atoms with Crippen LogP contribution in [0.25, 0.3) is 0 Å². The van der Waals surface area contributed by atoms with Gasteiger partial charge in [-0.2, -0.15) is 0 Å². The van der Waals surface area contributed by atoms with E-state index in [1.54, 1.807) is 12.1 Å². The van der Waals surface area contributed by atoms with Crippen LogP contribution in [0.2, 0.25) is 5.02 Å². The Hall–Kier alpha value is -2.14. The van der Waals surface area contributed by atoms with Crippen molar-refractivity contribution in [2.75, 3.05) is 5.32 Å². The molecule has 0 spiro atoms. The normalized spacial score (nSPS) is 10.1. The average molecular weight is 266 g/mol. The summed E-state index contributed by atoms with van der Waals surface area (Å²) in [6.45, 7) is 0. The summed E-state index contributed by atoms with van der Waals surface area (Å²) in [4.78, 5) is 15.2. The second-order valence-electron chi connectivity index (χ2n) is 3.52. The molecule has 0 aliphatic carbocycles. The molecule has 0 aliphatic heterocycles. The first-order valence-electron chi connectivity index (χ1n) is 5.05. The quantitative estimate of drug-likeness (QED) is 0.897. The van der Waals surface area contributed by atoms with Crippen molar-refractivity contribution in [3.05, 3.63) is 52.9 Å². The summed E-state index contributed by atoms with van der Waals surface area (Å²) < 4.78 is 13.0. The highest BCUT2D eigenvalue weighted by Gasteiger charge is 2.09. The van der Waals surface area contributed by atoms with E-state index in [1.165, 1.54) is 24.4 Å². The number of amides is 1. The fraction of sp³-hybridized carbons (Fsp3) is 0. The lowest BCUT2D eigenvalue weighted by Crippen LogP contribution is -2.14. The minimum absolute atomic E-state index is 0.0171. The third kappa shape index (κ3) is 2.57. The molecule has 1 heterocycles. The molecule has 0 radical (unpaired) electrons. The van der Waals surface area contributed by atoms with Crippen LogP contribution in [-0.4, -0.2) is 10.9 Å². The van der Waals surface area contributed by atoms with Gasteiger partial charge in [-0.15, -0.1) is 0 Å². The first kappa shape index (κ1) is 12.3. The number of primary amides is 1. The summed E-state index contributed by atoms with van der Waals surface area (Å²) in [6.07, 6.45) is 1.51. The van der Waals surface area contributed by atoms with Crippen LogP contribution in [0.3, 0.4) is 0 Å². The number of aromatic nitrogens is 1. The van der Waals surface area contributed by atoms with Gasteiger partial charge in [0, 0.05) is 11.9 Å². The molecule has 6 heteroatoms. The van der Waals surface area contributed by atoms with E-state index in [0.717, 1.165) is 0 Å². The molecule has 0 fully saturated rings. The van der Waals surface area contributed by atoms with E-state index in [0.29, 0.717) is 11.5 Å². The number of pyridine rings is 1. The standard InChI is InChI=1S/C12H9ClFN3O/c13-9-6-7(3-4-10(9)14)17-12-8(11(15)18)2-1-5-16-12/h1-6H,(H2,15,18)(H,16,17). The van der Waals surface area contributed by atoms with Crippen molar-refractivity contribution < 1.29 is 9.18 Å². The Morgan fingerprint density at radius 3 is 2.83 bits per heavy atom. The van der Waals surface area contributed by atoms with Crippen LogP contribution in [0.4, 0.5) is 15.9 Å². The molecule has 4 nitrogen and oxygen atoms in total. The maximum absolute atomic E-state index is 13.0. The number of carbonyl (C=O) groups excluding carboxylic acids is 1. The van der Waals surface area contributed by atoms with E-state index in [-0.39, 0.29) is 10.6 Å². The molecule has 2 rings (SSSR count). The summed E-state index contributed by atoms with van der Waals surface area (Å²) in [5, 5.41) is 2.84. The summed E-state index contributed by atoms with van der Waals surface area (Å²) in [5.74, 6) is -0.815. The monoisotopic (exact) mass is 265 g/mol. The second-order valence-corrected chi connectivity index (χ2v) is 3.92. The van der Waals surface area contributed by atoms with Gasteiger partial charge < -0.3 is 11.1 Å². The Morgan fingerprint density at radius 2 is 2.17 bits per heavy atom. The van der Waals surface area contributed by atoms with Crippen molar-refractivity contribution in [1.29, 1.82) is 0 Å². The topological polar surface area (TPSA) is 68.0 Å². The molecule has 0 saturated heterocycles. The molecule has 3 N–H and O–H groups in total. The second kappa shape index (κ2) is 5.01. The van der Waals surface area contributed by atoms with E-state index in [2.05, 4.69) is 10.3 Å². The van der Waals surface area contributed by atoms with Crippen LogP contribution in [0.15, 0.2) is 36.5 Å². The zero-order valence-electron chi connectivity index (χ0n) is 9.15. The van der Waals surface area contributed by atoms with Gasteiger partial charge in [0.05, 0.1) is 10.6 Å². The number of carbonyl (C=O) groups is 1. The van der Waals surface area contributed by atoms with Crippen LogP contribution < -0.4 is 11.1 Å². The molecular weight excluding hydrogens is 257 g/mol. The van der Waals surface area contributed by atoms with Crippen molar-refractivity contribution in [1.82, 2.24) is 4.98 Å². The van der Waals surface area contributed by atoms with Gasteiger partial charge in [0.2, 0.25) is 0 Å². The van der Waals surface area contributed by atoms with E-state index in [9.17, 15) is 9.18 Å². The number of nitrogens with zero attached hydrogens (tertiary/aromatic N) is 1. The number of anilines is 2. The Balaban J connectivity index is 2.34. The van der Waals surface area contributed by atoms with Crippen LogP contribution in [-0.2, 0) is 0 Å². The van der Waals surface area contributed by atoms with Crippen molar-refractivity contribution in [2.24, 2.45) is 5.73 Å². The van der Waals surface area contributed by atoms with Gasteiger partial charge in [-0.05, 0) is 30.3 Å². The molecule has 92 valence electrons. The van der Waals surface area contributed by atoms with Crippen LogP contribution in [0.5, 0.6) is 0 Å². The summed E-state index contributed by atoms with van der Waals surface area (Å²) in [7, 11) is 0. The molecule has 0 aliphatic rings. The van der Waals surface area contributed by atoms with Crippen LogP contribution >= 0.6 is 11.6 Å². The van der Waals surface area contributed by atoms with E-state index in [1.807, 2.05) is 0 Å². The number of hydrogen-bond donors (Lipinski definition) is 2. The first-order valence-corrected chi connectivity index (χ1v) is 5.42. The largest absolute Gasteiger partial charge is 0.365 e. The smallest absolute Gasteiger partial charge is 0.252 e. The molecule has 1 aromatic heterocycles. The van der Waals surface area contributed by atoms with E-state index < -0.39 is 11.7 Å². The lowest BCUT2D eigenvalue weighted by Gasteiger charge is -2.09. The Morgan fingerprint density at radius 1 is 1.39 bits per heavy atom. The molecule has 2 aromatic rings. The minimum atomic E-state index is -0.598. The Kier molecular flexibility index (Phi) is 3.43. The summed E-state index contributed by atoms with van der Waals surface area (Å²) in [5.41, 5.74) is 5.98. The average Bonchev–Trinajstić information content (AvgIpc) is 2.34. The number of nitrogens with two attached hydrogens (primary N) is 1. The highest BCUT2D eigenvalue weighted by Crippen LogP contribution is 2.23. The summed E-state index contributed by atoms with van der Waals surface area (Å²) >= 11 is 5.66. The van der Waals surface area contributed by atoms with Crippen LogP contribution in [0, 0.1) is 5.82 Å². The Bertz CT molecular complexity index is 604. The zero-order chi connectivity index (χ0) is 13.1. The highest BCUT2D eigenvalue weighted by atomic mass is 35.5. The van der Waals surface area contributed by atoms with Gasteiger partial charge >= 0.3 is 0 Å². The molecule has 0 atom stereocenters. The third-order valence-electron chi connectivity index (χ3n) is 2.26. The number of nitrogens with one attached hydrogen (secondary N) is 1. The SMILES string of the molecule is NC(=O)c1cccnc1Nc1ccc(F)c(Cl)c1. The van der Waals surface area contributed by atoms with Crippen molar-refractivity contribution in [2.45, 2.75) is 0 Å². The third-order valence-corrected chi connectivity index (χ3v) is 2.55. The van der Waals surface area contributed by atoms with Gasteiger partial charge in [0.15, 0.2) is 0 Å². The molecule has 1 aromatic carbocycles. The zero-order valence-corrected chi connectivity index (χ0v) is 9.91. The van der Waals surface area contributed by atoms with Crippen LogP contribution in [0.1, 0.15) is 10.4 Å². The van der Waals surface area contributed by atoms with Crippen molar-refractivity contribution in [3.63, 3.8) is 0 Å². The Labute approximate surface area is 108 Å². The van der Waals surface area contributed by atoms with Gasteiger partial charge in [-0.1, -0.05) is 11.6 Å². The molecule has 0 saturated carbocycles. The maximum atomic E-state index is 13.0.